The number of nitrogens with zero attached hydrogens (tertiary/aromatic N) is 3. The fourth-order valence-corrected chi connectivity index (χ4v) is 7.70. The molecule has 4 aliphatic rings. The third kappa shape index (κ3) is 4.37. The topological polar surface area (TPSA) is 90.4 Å². The van der Waals surface area contributed by atoms with Gasteiger partial charge >= 0.3 is 0 Å². The van der Waals surface area contributed by atoms with E-state index in [4.69, 9.17) is 4.74 Å². The van der Waals surface area contributed by atoms with E-state index in [2.05, 4.69) is 0 Å². The van der Waals surface area contributed by atoms with Crippen LogP contribution < -0.4 is 9.80 Å². The van der Waals surface area contributed by atoms with E-state index in [0.29, 0.717) is 19.5 Å². The van der Waals surface area contributed by atoms with E-state index < -0.39 is 35.1 Å². The molecular weight excluding hydrogens is 542 g/mol. The summed E-state index contributed by atoms with van der Waals surface area (Å²) >= 11 is 0. The Morgan fingerprint density at radius 2 is 1.63 bits per heavy atom. The number of anilines is 2. The van der Waals surface area contributed by atoms with Crippen molar-refractivity contribution in [3.63, 3.8) is 0 Å². The number of hydrogen-bond acceptors (Lipinski definition) is 5. The van der Waals surface area contributed by atoms with Crippen LogP contribution in [0.15, 0.2) is 72.8 Å². The minimum absolute atomic E-state index is 0.0871. The zero-order chi connectivity index (χ0) is 30.7. The second kappa shape index (κ2) is 10.8. The van der Waals surface area contributed by atoms with Crippen LogP contribution in [0, 0.1) is 31.6 Å². The number of aliphatic hydroxyl groups is 1. The number of carbonyl (C=O) groups is 3. The van der Waals surface area contributed by atoms with Crippen LogP contribution in [0.5, 0.6) is 0 Å². The highest BCUT2D eigenvalue weighted by Gasteiger charge is 2.75. The van der Waals surface area contributed by atoms with E-state index >= 15 is 0 Å². The minimum Gasteiger partial charge on any atom is -0.394 e. The Morgan fingerprint density at radius 1 is 0.930 bits per heavy atom. The highest BCUT2D eigenvalue weighted by atomic mass is 16.5. The molecule has 43 heavy (non-hydrogen) atoms. The molecule has 7 atom stereocenters. The first-order valence-corrected chi connectivity index (χ1v) is 15.3. The number of hydrogen-bond donors (Lipinski definition) is 1. The maximum absolute atomic E-state index is 14.9. The van der Waals surface area contributed by atoms with Gasteiger partial charge in [0.05, 0.1) is 30.1 Å². The quantitative estimate of drug-likeness (QED) is 0.516. The van der Waals surface area contributed by atoms with Gasteiger partial charge in [0.25, 0.3) is 5.91 Å². The summed E-state index contributed by atoms with van der Waals surface area (Å²) in [5, 5.41) is 10.7. The number of aryl methyl sites for hydroxylation is 2. The molecule has 3 amide bonds. The van der Waals surface area contributed by atoms with Gasteiger partial charge < -0.3 is 24.5 Å². The second-order valence-electron chi connectivity index (χ2n) is 12.7. The Kier molecular flexibility index (Phi) is 7.33. The van der Waals surface area contributed by atoms with Gasteiger partial charge in [-0.2, -0.15) is 0 Å². The van der Waals surface area contributed by atoms with Gasteiger partial charge in [-0.05, 0) is 56.0 Å². The van der Waals surface area contributed by atoms with E-state index in [1.54, 1.807) is 14.7 Å². The third-order valence-electron chi connectivity index (χ3n) is 10.1. The highest BCUT2D eigenvalue weighted by Crippen LogP contribution is 2.58. The van der Waals surface area contributed by atoms with E-state index in [0.717, 1.165) is 22.5 Å². The van der Waals surface area contributed by atoms with Gasteiger partial charge in [-0.1, -0.05) is 74.9 Å². The van der Waals surface area contributed by atoms with Gasteiger partial charge in [0.15, 0.2) is 0 Å². The van der Waals surface area contributed by atoms with Crippen molar-refractivity contribution in [3.8, 4) is 0 Å². The largest absolute Gasteiger partial charge is 0.394 e. The number of benzene rings is 2. The first kappa shape index (κ1) is 29.3. The van der Waals surface area contributed by atoms with Crippen molar-refractivity contribution < 1.29 is 24.2 Å². The van der Waals surface area contributed by atoms with Crippen LogP contribution in [0.1, 0.15) is 38.3 Å². The number of amides is 3. The third-order valence-corrected chi connectivity index (χ3v) is 10.1. The molecular formula is C35H41N3O5. The van der Waals surface area contributed by atoms with Gasteiger partial charge in [0.1, 0.15) is 11.6 Å². The summed E-state index contributed by atoms with van der Waals surface area (Å²) in [5.41, 5.74) is 0.970. The second-order valence-corrected chi connectivity index (χ2v) is 12.7. The Labute approximate surface area is 253 Å². The lowest BCUT2D eigenvalue weighted by Gasteiger charge is -2.41. The summed E-state index contributed by atoms with van der Waals surface area (Å²) in [5.74, 6) is -2.71. The Morgan fingerprint density at radius 3 is 2.33 bits per heavy atom. The Balaban J connectivity index is 1.53. The highest BCUT2D eigenvalue weighted by molar-refractivity contribution is 6.08. The predicted molar refractivity (Wildman–Crippen MR) is 166 cm³/mol. The maximum Gasteiger partial charge on any atom is 0.253 e. The Hall–Kier alpha value is -3.75. The number of likely N-dealkylation sites (tertiary alicyclic amines) is 1. The number of aliphatic hydroxyl groups excluding tert-OH is 1. The van der Waals surface area contributed by atoms with Crippen molar-refractivity contribution in [2.75, 3.05) is 29.5 Å². The molecule has 0 saturated carbocycles. The molecule has 1 N–H and O–H groups in total. The molecule has 6 rings (SSSR count). The van der Waals surface area contributed by atoms with Gasteiger partial charge in [-0.3, -0.25) is 14.4 Å². The summed E-state index contributed by atoms with van der Waals surface area (Å²) in [7, 11) is 0. The van der Waals surface area contributed by atoms with Crippen molar-refractivity contribution in [2.24, 2.45) is 17.8 Å². The molecule has 4 heterocycles. The fourth-order valence-electron chi connectivity index (χ4n) is 7.70. The van der Waals surface area contributed by atoms with Gasteiger partial charge in [-0.15, -0.1) is 0 Å². The predicted octanol–water partition coefficient (Wildman–Crippen LogP) is 4.19. The molecule has 2 aromatic carbocycles. The Bertz CT molecular complexity index is 1500. The standard InChI is InChI=1S/C35H41N3O5/c1-6-23(3)27(21-39)38-30-33(42)37(26-20-22(2)14-15-24(26)4)19-11-17-35(30)29(32(38)41)28-31(40)36(25-12-8-7-9-13-25)18-10-16-34(28,5)43-35/h7-17,20,23,27-30,39H,6,18-19,21H2,1-5H3/t23-,27-,28+,29-,30?,34-,35-/m0/s1. The zero-order valence-electron chi connectivity index (χ0n) is 25.6. The molecule has 0 aromatic heterocycles. The lowest BCUT2D eigenvalue weighted by Crippen LogP contribution is -2.60. The van der Waals surface area contributed by atoms with Crippen LogP contribution in [0.25, 0.3) is 0 Å². The molecule has 0 aliphatic carbocycles. The summed E-state index contributed by atoms with van der Waals surface area (Å²) < 4.78 is 6.99. The van der Waals surface area contributed by atoms with Gasteiger partial charge in [0.2, 0.25) is 11.8 Å². The zero-order valence-corrected chi connectivity index (χ0v) is 25.6. The molecule has 226 valence electrons. The van der Waals surface area contributed by atoms with Gasteiger partial charge in [-0.25, -0.2) is 0 Å². The van der Waals surface area contributed by atoms with Crippen LogP contribution in [0.3, 0.4) is 0 Å². The normalized spacial score (nSPS) is 31.4. The molecule has 4 aliphatic heterocycles. The van der Waals surface area contributed by atoms with E-state index in [9.17, 15) is 19.5 Å². The van der Waals surface area contributed by atoms with Crippen LogP contribution in [0.2, 0.25) is 0 Å². The van der Waals surface area contributed by atoms with Crippen molar-refractivity contribution >= 4 is 29.1 Å². The SMILES string of the molecule is CC[C@H](C)[C@H](CO)N1C(=O)[C@@H]2[C@@H]3C(=O)N(c4ccccc4)CC=C[C@]3(C)O[C@@]23C=CCN(c2cc(C)ccc2C)C(=O)C13. The van der Waals surface area contributed by atoms with Crippen molar-refractivity contribution in [1.82, 2.24) is 4.90 Å². The molecule has 2 aromatic rings. The molecule has 1 unspecified atom stereocenters. The smallest absolute Gasteiger partial charge is 0.253 e. The summed E-state index contributed by atoms with van der Waals surface area (Å²) in [6, 6.07) is 13.8. The van der Waals surface area contributed by atoms with E-state index in [1.165, 1.54) is 0 Å². The average molecular weight is 584 g/mol. The van der Waals surface area contributed by atoms with Crippen molar-refractivity contribution in [3.05, 3.63) is 84.0 Å². The molecule has 0 radical (unpaired) electrons. The number of ether oxygens (including phenoxy) is 1. The van der Waals surface area contributed by atoms with Gasteiger partial charge in [0, 0.05) is 24.5 Å². The molecule has 8 heteroatoms. The minimum atomic E-state index is -1.39. The average Bonchev–Trinajstić information content (AvgIpc) is 3.26. The maximum atomic E-state index is 14.9. The van der Waals surface area contributed by atoms with Crippen molar-refractivity contribution in [2.45, 2.75) is 64.3 Å². The van der Waals surface area contributed by atoms with Crippen LogP contribution >= 0.6 is 0 Å². The van der Waals surface area contributed by atoms with Crippen LogP contribution in [-0.2, 0) is 19.1 Å². The lowest BCUT2D eigenvalue weighted by molar-refractivity contribution is -0.149. The number of carbonyl (C=O) groups excluding carboxylic acids is 3. The van der Waals surface area contributed by atoms with E-state index in [-0.39, 0.29) is 30.2 Å². The molecule has 0 bridgehead atoms. The number of fused-ring (bicyclic) bond motifs is 2. The molecule has 2 fully saturated rings. The number of rotatable bonds is 6. The van der Waals surface area contributed by atoms with Crippen molar-refractivity contribution in [1.29, 1.82) is 0 Å². The number of para-hydroxylation sites is 1. The molecule has 8 nitrogen and oxygen atoms in total. The first-order chi connectivity index (χ1) is 20.6. The summed E-state index contributed by atoms with van der Waals surface area (Å²) in [4.78, 5) is 49.2. The monoisotopic (exact) mass is 583 g/mol. The van der Waals surface area contributed by atoms with E-state index in [1.807, 2.05) is 107 Å². The lowest BCUT2D eigenvalue weighted by atomic mass is 9.74. The fraction of sp³-hybridized carbons (Fsp3) is 0.457. The molecule has 1 spiro atoms. The summed E-state index contributed by atoms with van der Waals surface area (Å²) in [6.07, 6.45) is 8.28. The first-order valence-electron chi connectivity index (χ1n) is 15.3. The molecule has 2 saturated heterocycles. The van der Waals surface area contributed by atoms with Crippen LogP contribution in [-0.4, -0.2) is 70.7 Å². The summed E-state index contributed by atoms with van der Waals surface area (Å²) in [6.45, 7) is 10.1. The van der Waals surface area contributed by atoms with Crippen LogP contribution in [0.4, 0.5) is 11.4 Å².